The molecule has 1 saturated heterocycles. The van der Waals surface area contributed by atoms with Gasteiger partial charge in [-0.25, -0.2) is 0 Å². The molecule has 0 radical (unpaired) electrons. The van der Waals surface area contributed by atoms with E-state index in [1.165, 1.54) is 4.90 Å². The van der Waals surface area contributed by atoms with Gasteiger partial charge in [-0.3, -0.25) is 9.69 Å². The van der Waals surface area contributed by atoms with Crippen molar-refractivity contribution < 1.29 is 18.0 Å². The van der Waals surface area contributed by atoms with Crippen LogP contribution in [0.2, 0.25) is 0 Å². The molecule has 1 atom stereocenters. The number of halogens is 4. The Kier molecular flexibility index (Phi) is 5.24. The molecule has 0 saturated carbocycles. The van der Waals surface area contributed by atoms with Gasteiger partial charge in [-0.05, 0) is 6.42 Å². The highest BCUT2D eigenvalue weighted by molar-refractivity contribution is 9.10. The second-order valence-corrected chi connectivity index (χ2v) is 5.20. The van der Waals surface area contributed by atoms with E-state index >= 15 is 0 Å². The Balaban J connectivity index is 2.38. The Morgan fingerprint density at radius 2 is 1.82 bits per heavy atom. The predicted octanol–water partition coefficient (Wildman–Crippen LogP) is 1.87. The maximum absolute atomic E-state index is 12.1. The fourth-order valence-corrected chi connectivity index (χ4v) is 2.04. The summed E-state index contributed by atoms with van der Waals surface area (Å²) in [4.78, 5) is 14.5. The topological polar surface area (TPSA) is 23.6 Å². The summed E-state index contributed by atoms with van der Waals surface area (Å²) in [6.07, 6.45) is -3.48. The summed E-state index contributed by atoms with van der Waals surface area (Å²) in [5, 5.41) is 0. The maximum atomic E-state index is 12.1. The first-order valence-electron chi connectivity index (χ1n) is 5.55. The number of hydrogen-bond donors (Lipinski definition) is 0. The maximum Gasteiger partial charge on any atom is 0.401 e. The lowest BCUT2D eigenvalue weighted by atomic mass is 10.2. The van der Waals surface area contributed by atoms with Crippen molar-refractivity contribution in [2.24, 2.45) is 0 Å². The average Bonchev–Trinajstić information content (AvgIpc) is 2.26. The smallest absolute Gasteiger partial charge is 0.339 e. The van der Waals surface area contributed by atoms with Crippen LogP contribution >= 0.6 is 15.9 Å². The number of hydrogen-bond acceptors (Lipinski definition) is 2. The molecule has 1 rings (SSSR count). The normalized spacial score (nSPS) is 20.4. The van der Waals surface area contributed by atoms with Gasteiger partial charge in [0.25, 0.3) is 0 Å². The molecule has 0 bridgehead atoms. The first kappa shape index (κ1) is 14.8. The number of rotatable bonds is 3. The minimum atomic E-state index is -4.16. The molecule has 17 heavy (non-hydrogen) atoms. The number of piperazine rings is 1. The molecule has 1 amide bonds. The average molecular weight is 317 g/mol. The van der Waals surface area contributed by atoms with Crippen LogP contribution in [0.1, 0.15) is 13.3 Å². The van der Waals surface area contributed by atoms with Crippen LogP contribution in [0.4, 0.5) is 13.2 Å². The number of nitrogens with zero attached hydrogens (tertiary/aromatic N) is 2. The Morgan fingerprint density at radius 3 is 2.24 bits per heavy atom. The van der Waals surface area contributed by atoms with Gasteiger partial charge in [0.2, 0.25) is 5.91 Å². The van der Waals surface area contributed by atoms with Gasteiger partial charge in [-0.15, -0.1) is 0 Å². The summed E-state index contributed by atoms with van der Waals surface area (Å²) in [7, 11) is 0. The molecule has 0 aromatic carbocycles. The van der Waals surface area contributed by atoms with Gasteiger partial charge < -0.3 is 4.90 Å². The van der Waals surface area contributed by atoms with E-state index in [2.05, 4.69) is 15.9 Å². The monoisotopic (exact) mass is 316 g/mol. The number of amides is 1. The first-order chi connectivity index (χ1) is 7.83. The van der Waals surface area contributed by atoms with Crippen molar-refractivity contribution in [3.05, 3.63) is 0 Å². The molecule has 7 heteroatoms. The van der Waals surface area contributed by atoms with Crippen molar-refractivity contribution in [1.82, 2.24) is 9.80 Å². The van der Waals surface area contributed by atoms with E-state index in [-0.39, 0.29) is 23.8 Å². The first-order valence-corrected chi connectivity index (χ1v) is 6.47. The molecule has 0 N–H and O–H groups in total. The molecule has 1 heterocycles. The van der Waals surface area contributed by atoms with Crippen LogP contribution < -0.4 is 0 Å². The zero-order valence-corrected chi connectivity index (χ0v) is 11.2. The highest BCUT2D eigenvalue weighted by Crippen LogP contribution is 2.18. The van der Waals surface area contributed by atoms with Gasteiger partial charge in [-0.2, -0.15) is 13.2 Å². The van der Waals surface area contributed by atoms with Crippen LogP contribution in [0.5, 0.6) is 0 Å². The minimum absolute atomic E-state index is 0.0286. The Morgan fingerprint density at radius 1 is 1.29 bits per heavy atom. The van der Waals surface area contributed by atoms with Crippen LogP contribution in [0.25, 0.3) is 0 Å². The number of alkyl halides is 4. The Hall–Kier alpha value is -0.300. The van der Waals surface area contributed by atoms with Gasteiger partial charge in [0.1, 0.15) is 0 Å². The van der Waals surface area contributed by atoms with Crippen LogP contribution in [0.15, 0.2) is 0 Å². The molecular formula is C10H16BrF3N2O. The van der Waals surface area contributed by atoms with Crippen molar-refractivity contribution in [3.8, 4) is 0 Å². The molecule has 0 aromatic heterocycles. The summed E-state index contributed by atoms with van der Waals surface area (Å²) in [6, 6.07) is 0. The second kappa shape index (κ2) is 6.04. The third-order valence-corrected chi connectivity index (χ3v) is 3.75. The highest BCUT2D eigenvalue weighted by atomic mass is 79.9. The van der Waals surface area contributed by atoms with Gasteiger partial charge in [0.15, 0.2) is 0 Å². The lowest BCUT2D eigenvalue weighted by molar-refractivity contribution is -0.151. The van der Waals surface area contributed by atoms with E-state index < -0.39 is 12.7 Å². The third-order valence-electron chi connectivity index (χ3n) is 2.71. The summed E-state index contributed by atoms with van der Waals surface area (Å²) in [6.45, 7) is 2.31. The molecule has 1 unspecified atom stereocenters. The van der Waals surface area contributed by atoms with Crippen molar-refractivity contribution in [1.29, 1.82) is 0 Å². The molecule has 0 aliphatic carbocycles. The molecule has 3 nitrogen and oxygen atoms in total. The van der Waals surface area contributed by atoms with Crippen LogP contribution in [0.3, 0.4) is 0 Å². The van der Waals surface area contributed by atoms with Crippen LogP contribution in [-0.2, 0) is 4.79 Å². The van der Waals surface area contributed by atoms with Gasteiger partial charge >= 0.3 is 6.18 Å². The molecule has 1 fully saturated rings. The van der Waals surface area contributed by atoms with Crippen molar-refractivity contribution in [2.75, 3.05) is 32.7 Å². The SMILES string of the molecule is CCC(Br)C(=O)N1CCN(CC(F)(F)F)CC1. The molecular weight excluding hydrogens is 301 g/mol. The van der Waals surface area contributed by atoms with Gasteiger partial charge in [-0.1, -0.05) is 22.9 Å². The summed E-state index contributed by atoms with van der Waals surface area (Å²) in [5.74, 6) is -0.0286. The third kappa shape index (κ3) is 4.83. The van der Waals surface area contributed by atoms with E-state index in [1.54, 1.807) is 4.90 Å². The fraction of sp³-hybridized carbons (Fsp3) is 0.900. The van der Waals surface area contributed by atoms with Crippen LogP contribution in [0, 0.1) is 0 Å². The lowest BCUT2D eigenvalue weighted by Gasteiger charge is -2.35. The molecule has 1 aliphatic rings. The minimum Gasteiger partial charge on any atom is -0.339 e. The summed E-state index contributed by atoms with van der Waals surface area (Å²) < 4.78 is 36.4. The van der Waals surface area contributed by atoms with E-state index in [9.17, 15) is 18.0 Å². The van der Waals surface area contributed by atoms with E-state index in [1.807, 2.05) is 6.92 Å². The summed E-state index contributed by atoms with van der Waals surface area (Å²) >= 11 is 3.26. The standard InChI is InChI=1S/C10H16BrF3N2O/c1-2-8(11)9(17)16-5-3-15(4-6-16)7-10(12,13)14/h8H,2-7H2,1H3. The summed E-state index contributed by atoms with van der Waals surface area (Å²) in [5.41, 5.74) is 0. The zero-order chi connectivity index (χ0) is 13.1. The molecule has 100 valence electrons. The van der Waals surface area contributed by atoms with E-state index in [0.29, 0.717) is 19.5 Å². The van der Waals surface area contributed by atoms with Crippen molar-refractivity contribution in [2.45, 2.75) is 24.3 Å². The van der Waals surface area contributed by atoms with Crippen LogP contribution in [-0.4, -0.2) is 59.4 Å². The molecule has 0 aromatic rings. The number of carbonyl (C=O) groups is 1. The van der Waals surface area contributed by atoms with Crippen molar-refractivity contribution >= 4 is 21.8 Å². The predicted molar refractivity (Wildman–Crippen MR) is 62.1 cm³/mol. The number of carbonyl (C=O) groups excluding carboxylic acids is 1. The Bertz CT molecular complexity index is 265. The van der Waals surface area contributed by atoms with E-state index in [0.717, 1.165) is 0 Å². The molecule has 1 aliphatic heterocycles. The molecule has 0 spiro atoms. The van der Waals surface area contributed by atoms with Gasteiger partial charge in [0.05, 0.1) is 11.4 Å². The highest BCUT2D eigenvalue weighted by Gasteiger charge is 2.33. The van der Waals surface area contributed by atoms with E-state index in [4.69, 9.17) is 0 Å². The lowest BCUT2D eigenvalue weighted by Crippen LogP contribution is -2.52. The largest absolute Gasteiger partial charge is 0.401 e. The fourth-order valence-electron chi connectivity index (χ4n) is 1.75. The van der Waals surface area contributed by atoms with Crippen molar-refractivity contribution in [3.63, 3.8) is 0 Å². The second-order valence-electron chi connectivity index (χ2n) is 4.09. The van der Waals surface area contributed by atoms with Gasteiger partial charge in [0, 0.05) is 26.2 Å². The zero-order valence-electron chi connectivity index (χ0n) is 9.63. The Labute approximate surface area is 107 Å². The quantitative estimate of drug-likeness (QED) is 0.742.